The highest BCUT2D eigenvalue weighted by Gasteiger charge is 2.16. The number of sulfone groups is 1. The zero-order valence-electron chi connectivity index (χ0n) is 16.8. The molecule has 0 radical (unpaired) electrons. The van der Waals surface area contributed by atoms with Crippen LogP contribution in [0.1, 0.15) is 10.5 Å². The van der Waals surface area contributed by atoms with E-state index in [1.807, 2.05) is 34.9 Å². The van der Waals surface area contributed by atoms with Crippen LogP contribution in [0.5, 0.6) is 0 Å². The van der Waals surface area contributed by atoms with E-state index < -0.39 is 15.7 Å². The molecule has 1 amide bonds. The van der Waals surface area contributed by atoms with Crippen LogP contribution < -0.4 is 4.80 Å². The van der Waals surface area contributed by atoms with E-state index in [1.165, 1.54) is 11.3 Å². The molecule has 0 aliphatic carbocycles. The Morgan fingerprint density at radius 1 is 1.19 bits per heavy atom. The van der Waals surface area contributed by atoms with Gasteiger partial charge in [0.2, 0.25) is 0 Å². The average Bonchev–Trinajstić information content (AvgIpc) is 3.37. The van der Waals surface area contributed by atoms with Crippen LogP contribution in [-0.4, -0.2) is 44.0 Å². The second-order valence-electron chi connectivity index (χ2n) is 6.79. The van der Waals surface area contributed by atoms with Crippen molar-refractivity contribution in [1.82, 2.24) is 9.72 Å². The Balaban J connectivity index is 1.76. The number of rotatable bonds is 6. The fourth-order valence-electron chi connectivity index (χ4n) is 3.03. The molecule has 0 spiro atoms. The monoisotopic (exact) mass is 457 g/mol. The van der Waals surface area contributed by atoms with Gasteiger partial charge in [-0.05, 0) is 18.2 Å². The maximum Gasteiger partial charge on any atom is 0.301 e. The van der Waals surface area contributed by atoms with E-state index in [4.69, 9.17) is 9.26 Å². The number of nitrogens with zero attached hydrogens (tertiary/aromatic N) is 3. The first-order chi connectivity index (χ1) is 14.9. The lowest BCUT2D eigenvalue weighted by atomic mass is 10.1. The van der Waals surface area contributed by atoms with Gasteiger partial charge in [-0.15, -0.1) is 0 Å². The molecule has 0 saturated heterocycles. The second kappa shape index (κ2) is 8.58. The van der Waals surface area contributed by atoms with Gasteiger partial charge >= 0.3 is 5.91 Å². The SMILES string of the molecule is COCCn1c(=NC(=O)c2cc(-c3ccccc3)on2)sc2cc(S(C)(=O)=O)ccc21. The van der Waals surface area contributed by atoms with Crippen LogP contribution in [-0.2, 0) is 21.1 Å². The zero-order valence-corrected chi connectivity index (χ0v) is 18.4. The molecule has 0 aliphatic rings. The molecular formula is C21H19N3O5S2. The third-order valence-corrected chi connectivity index (χ3v) is 6.74. The third-order valence-electron chi connectivity index (χ3n) is 4.59. The van der Waals surface area contributed by atoms with Gasteiger partial charge in [-0.3, -0.25) is 4.79 Å². The average molecular weight is 458 g/mol. The quantitative estimate of drug-likeness (QED) is 0.441. The van der Waals surface area contributed by atoms with Gasteiger partial charge in [-0.25, -0.2) is 8.42 Å². The van der Waals surface area contributed by atoms with Crippen LogP contribution in [0.15, 0.2) is 69.0 Å². The first kappa shape index (κ1) is 21.2. The number of hydrogen-bond donors (Lipinski definition) is 0. The predicted octanol–water partition coefficient (Wildman–Crippen LogP) is 3.15. The fourth-order valence-corrected chi connectivity index (χ4v) is 4.84. The van der Waals surface area contributed by atoms with Crippen LogP contribution in [0.4, 0.5) is 0 Å². The molecule has 0 aliphatic heterocycles. The van der Waals surface area contributed by atoms with Crippen molar-refractivity contribution < 1.29 is 22.5 Å². The van der Waals surface area contributed by atoms with E-state index in [2.05, 4.69) is 10.1 Å². The number of ether oxygens (including phenoxy) is 1. The van der Waals surface area contributed by atoms with Gasteiger partial charge in [0.1, 0.15) is 0 Å². The van der Waals surface area contributed by atoms with Crippen molar-refractivity contribution in [1.29, 1.82) is 0 Å². The summed E-state index contributed by atoms with van der Waals surface area (Å²) in [6.07, 6.45) is 1.16. The third kappa shape index (κ3) is 4.50. The van der Waals surface area contributed by atoms with E-state index in [0.29, 0.717) is 28.4 Å². The van der Waals surface area contributed by atoms with E-state index in [0.717, 1.165) is 17.3 Å². The fraction of sp³-hybridized carbons (Fsp3) is 0.190. The lowest BCUT2D eigenvalue weighted by Crippen LogP contribution is -2.19. The Hall–Kier alpha value is -3.08. The van der Waals surface area contributed by atoms with E-state index in [9.17, 15) is 13.2 Å². The topological polar surface area (TPSA) is 104 Å². The van der Waals surface area contributed by atoms with Crippen molar-refractivity contribution in [2.45, 2.75) is 11.4 Å². The molecule has 4 rings (SSSR count). The minimum Gasteiger partial charge on any atom is -0.383 e. The number of amides is 1. The van der Waals surface area contributed by atoms with Gasteiger partial charge in [-0.2, -0.15) is 4.99 Å². The Morgan fingerprint density at radius 2 is 1.97 bits per heavy atom. The zero-order chi connectivity index (χ0) is 22.0. The number of aromatic nitrogens is 2. The van der Waals surface area contributed by atoms with Gasteiger partial charge in [0.15, 0.2) is 26.1 Å². The number of fused-ring (bicyclic) bond motifs is 1. The molecule has 8 nitrogen and oxygen atoms in total. The summed E-state index contributed by atoms with van der Waals surface area (Å²) in [5.41, 5.74) is 1.66. The molecule has 0 bridgehead atoms. The van der Waals surface area contributed by atoms with Crippen molar-refractivity contribution in [3.05, 3.63) is 65.1 Å². The molecule has 0 N–H and O–H groups in total. The molecule has 0 atom stereocenters. The summed E-state index contributed by atoms with van der Waals surface area (Å²) >= 11 is 1.23. The Bertz CT molecular complexity index is 1420. The molecule has 0 fully saturated rings. The lowest BCUT2D eigenvalue weighted by Gasteiger charge is -2.04. The molecule has 160 valence electrons. The molecule has 2 aromatic carbocycles. The Morgan fingerprint density at radius 3 is 2.68 bits per heavy atom. The number of benzene rings is 2. The lowest BCUT2D eigenvalue weighted by molar-refractivity contribution is 0.0988. The molecular weight excluding hydrogens is 438 g/mol. The normalized spacial score (nSPS) is 12.5. The summed E-state index contributed by atoms with van der Waals surface area (Å²) in [5, 5.41) is 3.85. The molecule has 31 heavy (non-hydrogen) atoms. The van der Waals surface area contributed by atoms with Crippen molar-refractivity contribution >= 4 is 37.3 Å². The highest BCUT2D eigenvalue weighted by molar-refractivity contribution is 7.90. The van der Waals surface area contributed by atoms with E-state index in [-0.39, 0.29) is 10.6 Å². The van der Waals surface area contributed by atoms with Crippen LogP contribution in [0.3, 0.4) is 0 Å². The predicted molar refractivity (Wildman–Crippen MR) is 117 cm³/mol. The molecule has 0 unspecified atom stereocenters. The number of thiazole rings is 1. The second-order valence-corrected chi connectivity index (χ2v) is 9.81. The molecule has 2 aromatic heterocycles. The molecule has 4 aromatic rings. The van der Waals surface area contributed by atoms with Crippen LogP contribution in [0, 0.1) is 0 Å². The van der Waals surface area contributed by atoms with Gasteiger partial charge in [-0.1, -0.05) is 46.8 Å². The molecule has 0 saturated carbocycles. The highest BCUT2D eigenvalue weighted by Crippen LogP contribution is 2.23. The van der Waals surface area contributed by atoms with Crippen LogP contribution in [0.25, 0.3) is 21.5 Å². The van der Waals surface area contributed by atoms with Crippen molar-refractivity contribution in [3.63, 3.8) is 0 Å². The van der Waals surface area contributed by atoms with Gasteiger partial charge < -0.3 is 13.8 Å². The van der Waals surface area contributed by atoms with Crippen molar-refractivity contribution in [2.24, 2.45) is 4.99 Å². The smallest absolute Gasteiger partial charge is 0.301 e. The van der Waals surface area contributed by atoms with Gasteiger partial charge in [0, 0.05) is 31.5 Å². The number of hydrogen-bond acceptors (Lipinski definition) is 7. The molecule has 2 heterocycles. The summed E-state index contributed by atoms with van der Waals surface area (Å²) < 4.78 is 36.8. The Labute approximate surface area is 182 Å². The summed E-state index contributed by atoms with van der Waals surface area (Å²) in [6.45, 7) is 0.859. The Kier molecular flexibility index (Phi) is 5.86. The van der Waals surface area contributed by atoms with Crippen LogP contribution in [0.2, 0.25) is 0 Å². The van der Waals surface area contributed by atoms with E-state index in [1.54, 1.807) is 31.4 Å². The number of carbonyl (C=O) groups is 1. The minimum absolute atomic E-state index is 0.0893. The molecule has 10 heteroatoms. The van der Waals surface area contributed by atoms with Crippen molar-refractivity contribution in [2.75, 3.05) is 20.0 Å². The number of methoxy groups -OCH3 is 1. The maximum atomic E-state index is 12.8. The largest absolute Gasteiger partial charge is 0.383 e. The summed E-state index contributed by atoms with van der Waals surface area (Å²) in [4.78, 5) is 17.6. The first-order valence-corrected chi connectivity index (χ1v) is 12.0. The van der Waals surface area contributed by atoms with Gasteiger partial charge in [0.05, 0.1) is 21.7 Å². The highest BCUT2D eigenvalue weighted by atomic mass is 32.2. The first-order valence-electron chi connectivity index (χ1n) is 9.30. The minimum atomic E-state index is -3.35. The summed E-state index contributed by atoms with van der Waals surface area (Å²) in [5.74, 6) is -0.0764. The number of carbonyl (C=O) groups excluding carboxylic acids is 1. The van der Waals surface area contributed by atoms with Gasteiger partial charge in [0.25, 0.3) is 0 Å². The van der Waals surface area contributed by atoms with Crippen molar-refractivity contribution in [3.8, 4) is 11.3 Å². The van der Waals surface area contributed by atoms with E-state index >= 15 is 0 Å². The van der Waals surface area contributed by atoms with Crippen LogP contribution >= 0.6 is 11.3 Å². The maximum absolute atomic E-state index is 12.8. The standard InChI is InChI=1S/C21H19N3O5S2/c1-28-11-10-24-17-9-8-15(31(2,26)27)12-19(17)30-21(24)22-20(25)16-13-18(29-23-16)14-6-4-3-5-7-14/h3-9,12-13H,10-11H2,1-2H3. The summed E-state index contributed by atoms with van der Waals surface area (Å²) in [6, 6.07) is 15.7. The summed E-state index contributed by atoms with van der Waals surface area (Å²) in [7, 11) is -1.77.